The summed E-state index contributed by atoms with van der Waals surface area (Å²) in [6.07, 6.45) is 5.07. The number of ether oxygens (including phenoxy) is 1. The van der Waals surface area contributed by atoms with E-state index in [4.69, 9.17) is 4.74 Å². The van der Waals surface area contributed by atoms with E-state index in [1.807, 2.05) is 13.0 Å². The van der Waals surface area contributed by atoms with Gasteiger partial charge in [-0.15, -0.1) is 0 Å². The smallest absolute Gasteiger partial charge is 0.240 e. The molecule has 4 nitrogen and oxygen atoms in total. The molecule has 2 atom stereocenters. The van der Waals surface area contributed by atoms with E-state index in [9.17, 15) is 8.42 Å². The van der Waals surface area contributed by atoms with Crippen LogP contribution >= 0.6 is 0 Å². The van der Waals surface area contributed by atoms with Gasteiger partial charge in [-0.1, -0.05) is 31.9 Å². The highest BCUT2D eigenvalue weighted by atomic mass is 32.2. The van der Waals surface area contributed by atoms with Crippen molar-refractivity contribution < 1.29 is 13.2 Å². The van der Waals surface area contributed by atoms with Crippen LogP contribution < -0.4 is 4.72 Å². The quantitative estimate of drug-likeness (QED) is 0.822. The third kappa shape index (κ3) is 4.80. The average Bonchev–Trinajstić information content (AvgIpc) is 2.45. The van der Waals surface area contributed by atoms with Gasteiger partial charge in [0.2, 0.25) is 10.0 Å². The van der Waals surface area contributed by atoms with Crippen molar-refractivity contribution in [2.45, 2.75) is 50.5 Å². The third-order valence-corrected chi connectivity index (χ3v) is 5.52. The molecule has 1 aromatic rings. The van der Waals surface area contributed by atoms with E-state index in [2.05, 4.69) is 11.6 Å². The number of aryl methyl sites for hydroxylation is 1. The molecule has 1 N–H and O–H groups in total. The molecule has 0 aromatic heterocycles. The Morgan fingerprint density at radius 3 is 2.76 bits per heavy atom. The van der Waals surface area contributed by atoms with Crippen LogP contribution in [-0.2, 0) is 14.8 Å². The summed E-state index contributed by atoms with van der Waals surface area (Å²) < 4.78 is 32.7. The largest absolute Gasteiger partial charge is 0.377 e. The molecule has 1 aliphatic carbocycles. The zero-order valence-corrected chi connectivity index (χ0v) is 13.7. The molecular formula is C16H25NO3S. The van der Waals surface area contributed by atoms with Crippen molar-refractivity contribution in [2.24, 2.45) is 5.92 Å². The minimum Gasteiger partial charge on any atom is -0.377 e. The standard InChI is InChI=1S/C16H25NO3S/c1-13-6-5-8-15(12-13)21(18,19)17-10-11-20-16-9-4-3-7-14(16)2/h5-6,8,12,14,16-17H,3-4,7,9-11H2,1-2H3. The molecule has 1 aliphatic rings. The van der Waals surface area contributed by atoms with Gasteiger partial charge in [-0.2, -0.15) is 0 Å². The number of sulfonamides is 1. The Hall–Kier alpha value is -0.910. The first kappa shape index (κ1) is 16.5. The summed E-state index contributed by atoms with van der Waals surface area (Å²) in [6, 6.07) is 6.92. The number of rotatable bonds is 6. The van der Waals surface area contributed by atoms with Crippen LogP contribution in [0.1, 0.15) is 38.2 Å². The monoisotopic (exact) mass is 311 g/mol. The molecule has 0 aliphatic heterocycles. The van der Waals surface area contributed by atoms with Gasteiger partial charge in [-0.3, -0.25) is 0 Å². The van der Waals surface area contributed by atoms with Crippen LogP contribution in [-0.4, -0.2) is 27.7 Å². The van der Waals surface area contributed by atoms with E-state index < -0.39 is 10.0 Å². The maximum absolute atomic E-state index is 12.1. The van der Waals surface area contributed by atoms with Crippen molar-refractivity contribution >= 4 is 10.0 Å². The molecule has 0 amide bonds. The van der Waals surface area contributed by atoms with Crippen molar-refractivity contribution in [1.82, 2.24) is 4.72 Å². The van der Waals surface area contributed by atoms with E-state index >= 15 is 0 Å². The van der Waals surface area contributed by atoms with E-state index in [1.165, 1.54) is 19.3 Å². The first-order valence-electron chi connectivity index (χ1n) is 7.67. The van der Waals surface area contributed by atoms with Gasteiger partial charge in [0.1, 0.15) is 0 Å². The molecule has 0 bridgehead atoms. The van der Waals surface area contributed by atoms with Crippen LogP contribution in [0, 0.1) is 12.8 Å². The zero-order chi connectivity index (χ0) is 15.3. The lowest BCUT2D eigenvalue weighted by Gasteiger charge is -2.28. The first-order valence-corrected chi connectivity index (χ1v) is 9.15. The molecule has 5 heteroatoms. The Bertz CT molecular complexity index is 556. The van der Waals surface area contributed by atoms with Crippen molar-refractivity contribution in [3.05, 3.63) is 29.8 Å². The van der Waals surface area contributed by atoms with Crippen LogP contribution in [0.15, 0.2) is 29.2 Å². The lowest BCUT2D eigenvalue weighted by Crippen LogP contribution is -2.31. The summed E-state index contributed by atoms with van der Waals surface area (Å²) in [5.74, 6) is 0.576. The van der Waals surface area contributed by atoms with Gasteiger partial charge in [0, 0.05) is 6.54 Å². The third-order valence-electron chi connectivity index (χ3n) is 4.06. The summed E-state index contributed by atoms with van der Waals surface area (Å²) in [5, 5.41) is 0. The van der Waals surface area contributed by atoms with Crippen LogP contribution in [0.4, 0.5) is 0 Å². The molecule has 0 saturated heterocycles. The van der Waals surface area contributed by atoms with Gasteiger partial charge in [-0.25, -0.2) is 13.1 Å². The van der Waals surface area contributed by atoms with Crippen molar-refractivity contribution in [2.75, 3.05) is 13.2 Å². The molecular weight excluding hydrogens is 286 g/mol. The molecule has 118 valence electrons. The molecule has 1 aromatic carbocycles. The SMILES string of the molecule is Cc1cccc(S(=O)(=O)NCCOC2CCCCC2C)c1. The highest BCUT2D eigenvalue weighted by molar-refractivity contribution is 7.89. The van der Waals surface area contributed by atoms with Gasteiger partial charge in [0.05, 0.1) is 17.6 Å². The first-order chi connectivity index (χ1) is 9.99. The molecule has 21 heavy (non-hydrogen) atoms. The van der Waals surface area contributed by atoms with E-state index in [0.717, 1.165) is 12.0 Å². The molecule has 1 saturated carbocycles. The zero-order valence-electron chi connectivity index (χ0n) is 12.8. The van der Waals surface area contributed by atoms with Crippen molar-refractivity contribution in [3.8, 4) is 0 Å². The summed E-state index contributed by atoms with van der Waals surface area (Å²) >= 11 is 0. The highest BCUT2D eigenvalue weighted by Gasteiger charge is 2.21. The Morgan fingerprint density at radius 1 is 1.29 bits per heavy atom. The molecule has 1 fully saturated rings. The van der Waals surface area contributed by atoms with E-state index in [-0.39, 0.29) is 6.10 Å². The Labute approximate surface area is 127 Å². The van der Waals surface area contributed by atoms with Crippen LogP contribution in [0.3, 0.4) is 0 Å². The average molecular weight is 311 g/mol. The second kappa shape index (κ2) is 7.38. The highest BCUT2D eigenvalue weighted by Crippen LogP contribution is 2.26. The predicted molar refractivity (Wildman–Crippen MR) is 83.7 cm³/mol. The molecule has 2 rings (SSSR count). The Kier molecular flexibility index (Phi) is 5.79. The van der Waals surface area contributed by atoms with Gasteiger partial charge in [0.25, 0.3) is 0 Å². The lowest BCUT2D eigenvalue weighted by molar-refractivity contribution is -0.00176. The molecule has 0 radical (unpaired) electrons. The summed E-state index contributed by atoms with van der Waals surface area (Å²) in [5.41, 5.74) is 0.935. The number of hydrogen-bond donors (Lipinski definition) is 1. The lowest BCUT2D eigenvalue weighted by atomic mass is 9.88. The number of hydrogen-bond acceptors (Lipinski definition) is 3. The van der Waals surface area contributed by atoms with E-state index in [0.29, 0.717) is 24.0 Å². The second-order valence-electron chi connectivity index (χ2n) is 5.89. The minimum atomic E-state index is -3.43. The van der Waals surface area contributed by atoms with Gasteiger partial charge >= 0.3 is 0 Å². The predicted octanol–water partition coefficient (Wildman–Crippen LogP) is 2.87. The number of nitrogens with one attached hydrogen (secondary N) is 1. The normalized spacial score (nSPS) is 23.1. The van der Waals surface area contributed by atoms with Crippen LogP contribution in [0.5, 0.6) is 0 Å². The Morgan fingerprint density at radius 2 is 2.05 bits per heavy atom. The van der Waals surface area contributed by atoms with Crippen LogP contribution in [0.2, 0.25) is 0 Å². The summed E-state index contributed by atoms with van der Waals surface area (Å²) in [6.45, 7) is 4.84. The Balaban J connectivity index is 1.80. The van der Waals surface area contributed by atoms with Gasteiger partial charge in [-0.05, 0) is 43.4 Å². The van der Waals surface area contributed by atoms with Gasteiger partial charge in [0.15, 0.2) is 0 Å². The second-order valence-corrected chi connectivity index (χ2v) is 7.65. The van der Waals surface area contributed by atoms with Crippen LogP contribution in [0.25, 0.3) is 0 Å². The topological polar surface area (TPSA) is 55.4 Å². The van der Waals surface area contributed by atoms with Crippen molar-refractivity contribution in [1.29, 1.82) is 0 Å². The fourth-order valence-corrected chi connectivity index (χ4v) is 3.90. The number of benzene rings is 1. The molecule has 2 unspecified atom stereocenters. The minimum absolute atomic E-state index is 0.280. The molecule has 0 heterocycles. The molecule has 0 spiro atoms. The maximum Gasteiger partial charge on any atom is 0.240 e. The fraction of sp³-hybridized carbons (Fsp3) is 0.625. The fourth-order valence-electron chi connectivity index (χ4n) is 2.78. The maximum atomic E-state index is 12.1. The summed E-state index contributed by atoms with van der Waals surface area (Å²) in [7, 11) is -3.43. The van der Waals surface area contributed by atoms with Crippen molar-refractivity contribution in [3.63, 3.8) is 0 Å². The van der Waals surface area contributed by atoms with E-state index in [1.54, 1.807) is 18.2 Å². The van der Waals surface area contributed by atoms with Gasteiger partial charge < -0.3 is 4.74 Å². The summed E-state index contributed by atoms with van der Waals surface area (Å²) in [4.78, 5) is 0.313.